The molecule has 0 saturated carbocycles. The molecule has 2 rings (SSSR count). The van der Waals surface area contributed by atoms with Gasteiger partial charge in [-0.05, 0) is 11.2 Å². The second kappa shape index (κ2) is 2.55. The van der Waals surface area contributed by atoms with Crippen molar-refractivity contribution in [2.75, 3.05) is 6.61 Å². The molecular formula is C8H6FNO2. The maximum atomic E-state index is 13.0. The van der Waals surface area contributed by atoms with E-state index in [1.165, 1.54) is 0 Å². The Kier molecular flexibility index (Phi) is 1.53. The maximum absolute atomic E-state index is 13.0. The summed E-state index contributed by atoms with van der Waals surface area (Å²) in [7, 11) is 0. The molecule has 0 N–H and O–H groups in total. The van der Waals surface area contributed by atoms with Crippen LogP contribution in [-0.4, -0.2) is 6.61 Å². The Balaban J connectivity index is 2.58. The van der Waals surface area contributed by atoms with Crippen molar-refractivity contribution in [3.63, 3.8) is 0 Å². The number of nitrogens with zero attached hydrogens (tertiary/aromatic N) is 1. The Morgan fingerprint density at radius 1 is 1.50 bits per heavy atom. The summed E-state index contributed by atoms with van der Waals surface area (Å²) in [6.45, 7) is 0.481. The van der Waals surface area contributed by atoms with Crippen molar-refractivity contribution in [1.29, 1.82) is 0 Å². The SMILES string of the molecule is O=Nc1cc(F)c2c(c1)CCO2. The highest BCUT2D eigenvalue weighted by atomic mass is 19.1. The van der Waals surface area contributed by atoms with E-state index in [1.54, 1.807) is 6.07 Å². The van der Waals surface area contributed by atoms with E-state index in [0.29, 0.717) is 13.0 Å². The molecule has 0 bridgehead atoms. The summed E-state index contributed by atoms with van der Waals surface area (Å²) < 4.78 is 18.0. The molecule has 0 radical (unpaired) electrons. The first kappa shape index (κ1) is 7.21. The Morgan fingerprint density at radius 3 is 3.08 bits per heavy atom. The van der Waals surface area contributed by atoms with Crippen LogP contribution in [0.5, 0.6) is 5.75 Å². The molecule has 12 heavy (non-hydrogen) atoms. The molecule has 1 heterocycles. The normalized spacial score (nSPS) is 13.8. The number of hydrogen-bond acceptors (Lipinski definition) is 3. The molecule has 0 aromatic heterocycles. The van der Waals surface area contributed by atoms with E-state index in [9.17, 15) is 9.30 Å². The molecule has 1 aliphatic rings. The molecule has 3 nitrogen and oxygen atoms in total. The number of rotatable bonds is 1. The van der Waals surface area contributed by atoms with E-state index < -0.39 is 5.82 Å². The van der Waals surface area contributed by atoms with Crippen LogP contribution in [0.3, 0.4) is 0 Å². The molecule has 4 heteroatoms. The van der Waals surface area contributed by atoms with Crippen molar-refractivity contribution in [1.82, 2.24) is 0 Å². The highest BCUT2D eigenvalue weighted by Gasteiger charge is 2.17. The molecule has 1 aromatic rings. The Bertz CT molecular complexity index is 338. The molecule has 62 valence electrons. The van der Waals surface area contributed by atoms with Gasteiger partial charge in [-0.1, -0.05) is 0 Å². The molecule has 0 aliphatic carbocycles. The quantitative estimate of drug-likeness (QED) is 0.601. The third kappa shape index (κ3) is 0.958. The topological polar surface area (TPSA) is 38.7 Å². The Morgan fingerprint density at radius 2 is 2.33 bits per heavy atom. The minimum absolute atomic E-state index is 0.122. The first-order valence-corrected chi connectivity index (χ1v) is 3.60. The first-order valence-electron chi connectivity index (χ1n) is 3.60. The van der Waals surface area contributed by atoms with Gasteiger partial charge in [-0.2, -0.15) is 0 Å². The Labute approximate surface area is 68.1 Å². The predicted octanol–water partition coefficient (Wildman–Crippen LogP) is 2.16. The predicted molar refractivity (Wildman–Crippen MR) is 41.1 cm³/mol. The van der Waals surface area contributed by atoms with Crippen molar-refractivity contribution in [2.45, 2.75) is 6.42 Å². The molecule has 1 aromatic carbocycles. The molecule has 0 amide bonds. The van der Waals surface area contributed by atoms with E-state index in [-0.39, 0.29) is 11.4 Å². The second-order valence-corrected chi connectivity index (χ2v) is 2.61. The van der Waals surface area contributed by atoms with Crippen LogP contribution in [0, 0.1) is 10.7 Å². The lowest BCUT2D eigenvalue weighted by atomic mass is 10.1. The van der Waals surface area contributed by atoms with Gasteiger partial charge in [0.25, 0.3) is 0 Å². The molecular weight excluding hydrogens is 161 g/mol. The molecule has 0 atom stereocenters. The summed E-state index contributed by atoms with van der Waals surface area (Å²) in [6, 6.07) is 2.63. The summed E-state index contributed by atoms with van der Waals surface area (Å²) in [4.78, 5) is 10.1. The zero-order valence-corrected chi connectivity index (χ0v) is 6.21. The average Bonchev–Trinajstić information content (AvgIpc) is 2.52. The first-order chi connectivity index (χ1) is 5.81. The standard InChI is InChI=1S/C8H6FNO2/c9-7-4-6(10-11)3-5-1-2-12-8(5)7/h3-4H,1-2H2. The molecule has 0 spiro atoms. The maximum Gasteiger partial charge on any atom is 0.167 e. The van der Waals surface area contributed by atoms with Gasteiger partial charge in [0.2, 0.25) is 0 Å². The number of nitroso groups, excluding NO2 is 1. The molecule has 0 fully saturated rings. The second-order valence-electron chi connectivity index (χ2n) is 2.61. The van der Waals surface area contributed by atoms with E-state index >= 15 is 0 Å². The smallest absolute Gasteiger partial charge is 0.167 e. The fraction of sp³-hybridized carbons (Fsp3) is 0.250. The lowest BCUT2D eigenvalue weighted by molar-refractivity contribution is 0.339. The van der Waals surface area contributed by atoms with Crippen LogP contribution in [0.25, 0.3) is 0 Å². The highest BCUT2D eigenvalue weighted by molar-refractivity contribution is 5.49. The monoisotopic (exact) mass is 167 g/mol. The summed E-state index contributed by atoms with van der Waals surface area (Å²) >= 11 is 0. The zero-order valence-electron chi connectivity index (χ0n) is 6.21. The van der Waals surface area contributed by atoms with Gasteiger partial charge in [0, 0.05) is 18.1 Å². The zero-order chi connectivity index (χ0) is 8.55. The summed E-state index contributed by atoms with van der Waals surface area (Å²) in [5.41, 5.74) is 0.848. The number of hydrogen-bond donors (Lipinski definition) is 0. The minimum Gasteiger partial charge on any atom is -0.490 e. The lowest BCUT2D eigenvalue weighted by Crippen LogP contribution is -1.88. The van der Waals surface area contributed by atoms with Gasteiger partial charge in [0.1, 0.15) is 5.69 Å². The third-order valence-electron chi connectivity index (χ3n) is 1.83. The van der Waals surface area contributed by atoms with Gasteiger partial charge in [-0.15, -0.1) is 4.91 Å². The third-order valence-corrected chi connectivity index (χ3v) is 1.83. The van der Waals surface area contributed by atoms with Crippen molar-refractivity contribution >= 4 is 5.69 Å². The van der Waals surface area contributed by atoms with Gasteiger partial charge in [-0.3, -0.25) is 0 Å². The largest absolute Gasteiger partial charge is 0.490 e. The van der Waals surface area contributed by atoms with Crippen molar-refractivity contribution < 1.29 is 9.13 Å². The van der Waals surface area contributed by atoms with Crippen LogP contribution >= 0.6 is 0 Å². The highest BCUT2D eigenvalue weighted by Crippen LogP contribution is 2.32. The fourth-order valence-electron chi connectivity index (χ4n) is 1.30. The summed E-state index contributed by atoms with van der Waals surface area (Å²) in [5.74, 6) is -0.234. The van der Waals surface area contributed by atoms with Gasteiger partial charge in [-0.25, -0.2) is 4.39 Å². The average molecular weight is 167 g/mol. The van der Waals surface area contributed by atoms with E-state index in [0.717, 1.165) is 11.6 Å². The van der Waals surface area contributed by atoms with Gasteiger partial charge >= 0.3 is 0 Å². The van der Waals surface area contributed by atoms with Crippen molar-refractivity contribution in [2.24, 2.45) is 5.18 Å². The number of halogens is 1. The number of benzene rings is 1. The van der Waals surface area contributed by atoms with Crippen molar-refractivity contribution in [3.8, 4) is 5.75 Å². The van der Waals surface area contributed by atoms with Crippen LogP contribution in [0.4, 0.5) is 10.1 Å². The lowest BCUT2D eigenvalue weighted by Gasteiger charge is -1.99. The minimum atomic E-state index is -0.500. The number of ether oxygens (including phenoxy) is 1. The van der Waals surface area contributed by atoms with Crippen LogP contribution in [-0.2, 0) is 6.42 Å². The van der Waals surface area contributed by atoms with Crippen LogP contribution in [0.2, 0.25) is 0 Å². The van der Waals surface area contributed by atoms with E-state index in [4.69, 9.17) is 4.74 Å². The van der Waals surface area contributed by atoms with Crippen molar-refractivity contribution in [3.05, 3.63) is 28.4 Å². The molecule has 1 aliphatic heterocycles. The van der Waals surface area contributed by atoms with Crippen LogP contribution in [0.1, 0.15) is 5.56 Å². The van der Waals surface area contributed by atoms with Gasteiger partial charge in [0.05, 0.1) is 6.61 Å². The Hall–Kier alpha value is -1.45. The fourth-order valence-corrected chi connectivity index (χ4v) is 1.30. The van der Waals surface area contributed by atoms with Crippen LogP contribution in [0.15, 0.2) is 17.3 Å². The molecule has 0 saturated heterocycles. The van der Waals surface area contributed by atoms with Gasteiger partial charge in [0.15, 0.2) is 11.6 Å². The van der Waals surface area contributed by atoms with E-state index in [2.05, 4.69) is 5.18 Å². The van der Waals surface area contributed by atoms with Gasteiger partial charge < -0.3 is 4.74 Å². The van der Waals surface area contributed by atoms with E-state index in [1.807, 2.05) is 0 Å². The van der Waals surface area contributed by atoms with Crippen LogP contribution < -0.4 is 4.74 Å². The summed E-state index contributed by atoms with van der Waals surface area (Å²) in [5, 5.41) is 2.66. The number of fused-ring (bicyclic) bond motifs is 1. The summed E-state index contributed by atoms with van der Waals surface area (Å²) in [6.07, 6.45) is 0.648. The molecule has 0 unspecified atom stereocenters.